The van der Waals surface area contributed by atoms with Gasteiger partial charge in [0.2, 0.25) is 0 Å². The number of aliphatic imine (C=N–C) groups is 1. The second kappa shape index (κ2) is 10.5. The van der Waals surface area contributed by atoms with Crippen molar-refractivity contribution in [2.24, 2.45) is 4.99 Å². The zero-order valence-corrected chi connectivity index (χ0v) is 19.2. The van der Waals surface area contributed by atoms with Crippen LogP contribution in [0, 0.1) is 0 Å². The van der Waals surface area contributed by atoms with E-state index in [1.54, 1.807) is 0 Å². The Hall–Kier alpha value is -2.09. The molecule has 3 aromatic rings. The molecule has 0 saturated heterocycles. The van der Waals surface area contributed by atoms with Gasteiger partial charge in [0, 0.05) is 24.9 Å². The van der Waals surface area contributed by atoms with Crippen LogP contribution in [0.15, 0.2) is 59.6 Å². The number of nitrogens with zero attached hydrogens (tertiary/aromatic N) is 2. The number of benzene rings is 2. The fraction of sp³-hybridized carbons (Fsp3) is 0.364. The van der Waals surface area contributed by atoms with Crippen LogP contribution in [0.25, 0.3) is 11.0 Å². The van der Waals surface area contributed by atoms with E-state index in [0.717, 1.165) is 48.9 Å². The van der Waals surface area contributed by atoms with Crippen LogP contribution in [0.5, 0.6) is 0 Å². The van der Waals surface area contributed by atoms with Gasteiger partial charge in [-0.1, -0.05) is 56.3 Å². The van der Waals surface area contributed by atoms with Gasteiger partial charge in [0.1, 0.15) is 5.82 Å². The summed E-state index contributed by atoms with van der Waals surface area (Å²) in [6.45, 7) is 8.86. The zero-order valence-electron chi connectivity index (χ0n) is 16.8. The Bertz CT molecular complexity index is 853. The molecule has 0 bridgehead atoms. The van der Waals surface area contributed by atoms with Gasteiger partial charge in [-0.25, -0.2) is 4.98 Å². The highest BCUT2D eigenvalue weighted by atomic mass is 127. The SMILES string of the molecule is CCNC(=NCC(C)(C)c1ccccc1)NCCc1nc2ccccc2[nH]1.I. The van der Waals surface area contributed by atoms with Crippen molar-refractivity contribution in [1.29, 1.82) is 0 Å². The van der Waals surface area contributed by atoms with Gasteiger partial charge in [-0.2, -0.15) is 0 Å². The standard InChI is InChI=1S/C22H29N5.HI/c1-4-23-21(25-16-22(2,3)17-10-6-5-7-11-17)24-15-14-20-26-18-12-8-9-13-19(18)27-20;/h5-13H,4,14-16H2,1-3H3,(H,26,27)(H2,23,24,25);1H. The number of aromatic amines is 1. The van der Waals surface area contributed by atoms with Crippen LogP contribution in [-0.4, -0.2) is 35.6 Å². The molecule has 0 aliphatic heterocycles. The molecule has 3 N–H and O–H groups in total. The summed E-state index contributed by atoms with van der Waals surface area (Å²) in [6.07, 6.45) is 0.821. The molecule has 2 aromatic carbocycles. The minimum atomic E-state index is -0.0116. The fourth-order valence-corrected chi connectivity index (χ4v) is 3.02. The number of aromatic nitrogens is 2. The van der Waals surface area contributed by atoms with E-state index in [9.17, 15) is 0 Å². The van der Waals surface area contributed by atoms with Crippen molar-refractivity contribution in [3.8, 4) is 0 Å². The quantitative estimate of drug-likeness (QED) is 0.263. The average molecular weight is 491 g/mol. The number of nitrogens with one attached hydrogen (secondary N) is 3. The van der Waals surface area contributed by atoms with E-state index in [0.29, 0.717) is 0 Å². The summed E-state index contributed by atoms with van der Waals surface area (Å²) in [5, 5.41) is 6.74. The average Bonchev–Trinajstić information content (AvgIpc) is 3.09. The number of imidazole rings is 1. The molecule has 0 unspecified atom stereocenters. The first kappa shape index (κ1) is 22.2. The zero-order chi connectivity index (χ0) is 19.1. The van der Waals surface area contributed by atoms with Crippen molar-refractivity contribution >= 4 is 41.0 Å². The maximum Gasteiger partial charge on any atom is 0.191 e. The maximum atomic E-state index is 4.80. The molecule has 150 valence electrons. The molecular formula is C22H30IN5. The van der Waals surface area contributed by atoms with Gasteiger partial charge in [0.05, 0.1) is 17.6 Å². The lowest BCUT2D eigenvalue weighted by Gasteiger charge is -2.23. The Kier molecular flexibility index (Phi) is 8.29. The smallest absolute Gasteiger partial charge is 0.191 e. The Labute approximate surface area is 184 Å². The van der Waals surface area contributed by atoms with Crippen LogP contribution in [-0.2, 0) is 11.8 Å². The molecule has 0 atom stereocenters. The summed E-state index contributed by atoms with van der Waals surface area (Å²) in [5.74, 6) is 1.83. The lowest BCUT2D eigenvalue weighted by atomic mass is 9.85. The van der Waals surface area contributed by atoms with E-state index in [1.807, 2.05) is 24.3 Å². The predicted molar refractivity (Wildman–Crippen MR) is 129 cm³/mol. The van der Waals surface area contributed by atoms with Gasteiger partial charge in [-0.3, -0.25) is 4.99 Å². The Morgan fingerprint density at radius 3 is 2.46 bits per heavy atom. The Morgan fingerprint density at radius 2 is 1.75 bits per heavy atom. The molecule has 5 nitrogen and oxygen atoms in total. The number of hydrogen-bond acceptors (Lipinski definition) is 2. The van der Waals surface area contributed by atoms with E-state index in [1.165, 1.54) is 5.56 Å². The first-order valence-electron chi connectivity index (χ1n) is 9.60. The molecule has 0 spiro atoms. The summed E-state index contributed by atoms with van der Waals surface area (Å²) in [7, 11) is 0. The van der Waals surface area contributed by atoms with Crippen LogP contribution in [0.3, 0.4) is 0 Å². The minimum Gasteiger partial charge on any atom is -0.357 e. The van der Waals surface area contributed by atoms with Gasteiger partial charge >= 0.3 is 0 Å². The molecule has 0 amide bonds. The normalized spacial score (nSPS) is 11.9. The van der Waals surface area contributed by atoms with E-state index in [4.69, 9.17) is 4.99 Å². The fourth-order valence-electron chi connectivity index (χ4n) is 3.02. The largest absolute Gasteiger partial charge is 0.357 e. The van der Waals surface area contributed by atoms with E-state index < -0.39 is 0 Å². The summed E-state index contributed by atoms with van der Waals surface area (Å²) < 4.78 is 0. The molecule has 6 heteroatoms. The first-order chi connectivity index (χ1) is 13.1. The molecule has 1 aromatic heterocycles. The summed E-state index contributed by atoms with van der Waals surface area (Å²) in [4.78, 5) is 12.8. The third-order valence-electron chi connectivity index (χ3n) is 4.62. The molecule has 0 aliphatic rings. The minimum absolute atomic E-state index is 0. The van der Waals surface area contributed by atoms with Crippen LogP contribution in [0.1, 0.15) is 32.2 Å². The van der Waals surface area contributed by atoms with Crippen LogP contribution >= 0.6 is 24.0 Å². The monoisotopic (exact) mass is 491 g/mol. The molecule has 0 fully saturated rings. The van der Waals surface area contributed by atoms with Crippen molar-refractivity contribution in [3.63, 3.8) is 0 Å². The topological polar surface area (TPSA) is 65.1 Å². The second-order valence-corrected chi connectivity index (χ2v) is 7.32. The predicted octanol–water partition coefficient (Wildman–Crippen LogP) is 4.26. The molecule has 0 saturated carbocycles. The third kappa shape index (κ3) is 5.95. The van der Waals surface area contributed by atoms with Gasteiger partial charge in [0.15, 0.2) is 5.96 Å². The number of para-hydroxylation sites is 2. The Morgan fingerprint density at radius 1 is 1.04 bits per heavy atom. The highest BCUT2D eigenvalue weighted by Gasteiger charge is 2.20. The van der Waals surface area contributed by atoms with Crippen molar-refractivity contribution in [2.45, 2.75) is 32.6 Å². The first-order valence-corrected chi connectivity index (χ1v) is 9.60. The lowest BCUT2D eigenvalue weighted by Crippen LogP contribution is -2.39. The number of halogens is 1. The van der Waals surface area contributed by atoms with Crippen LogP contribution in [0.2, 0.25) is 0 Å². The highest BCUT2D eigenvalue weighted by molar-refractivity contribution is 14.0. The summed E-state index contributed by atoms with van der Waals surface area (Å²) in [6, 6.07) is 18.6. The lowest BCUT2D eigenvalue weighted by molar-refractivity contribution is 0.537. The molecule has 3 rings (SSSR count). The molecular weight excluding hydrogens is 461 g/mol. The summed E-state index contributed by atoms with van der Waals surface area (Å²) >= 11 is 0. The number of rotatable bonds is 7. The van der Waals surface area contributed by atoms with Gasteiger partial charge in [0.25, 0.3) is 0 Å². The van der Waals surface area contributed by atoms with Crippen molar-refractivity contribution in [2.75, 3.05) is 19.6 Å². The number of fused-ring (bicyclic) bond motifs is 1. The van der Waals surface area contributed by atoms with Crippen LogP contribution in [0.4, 0.5) is 0 Å². The van der Waals surface area contributed by atoms with Gasteiger partial charge in [-0.05, 0) is 24.6 Å². The van der Waals surface area contributed by atoms with Gasteiger partial charge < -0.3 is 15.6 Å². The highest BCUT2D eigenvalue weighted by Crippen LogP contribution is 2.22. The van der Waals surface area contributed by atoms with Crippen LogP contribution < -0.4 is 10.6 Å². The van der Waals surface area contributed by atoms with E-state index >= 15 is 0 Å². The summed E-state index contributed by atoms with van der Waals surface area (Å²) in [5.41, 5.74) is 3.38. The van der Waals surface area contributed by atoms with E-state index in [2.05, 4.69) is 71.7 Å². The third-order valence-corrected chi connectivity index (χ3v) is 4.62. The van der Waals surface area contributed by atoms with Gasteiger partial charge in [-0.15, -0.1) is 24.0 Å². The van der Waals surface area contributed by atoms with E-state index in [-0.39, 0.29) is 29.4 Å². The molecule has 0 aliphatic carbocycles. The van der Waals surface area contributed by atoms with Crippen molar-refractivity contribution in [1.82, 2.24) is 20.6 Å². The number of H-pyrrole nitrogens is 1. The maximum absolute atomic E-state index is 4.80. The van der Waals surface area contributed by atoms with Crippen molar-refractivity contribution in [3.05, 3.63) is 66.0 Å². The Balaban J connectivity index is 0.00000280. The number of guanidine groups is 1. The van der Waals surface area contributed by atoms with Crippen molar-refractivity contribution < 1.29 is 0 Å². The second-order valence-electron chi connectivity index (χ2n) is 7.32. The molecule has 0 radical (unpaired) electrons. The molecule has 1 heterocycles. The molecule has 28 heavy (non-hydrogen) atoms. The number of hydrogen-bond donors (Lipinski definition) is 3.